The number of benzene rings is 1. The zero-order chi connectivity index (χ0) is 13.1. The fourth-order valence-corrected chi connectivity index (χ4v) is 1.51. The molecular formula is C10H6ClFN4O2. The molecule has 0 aliphatic heterocycles. The number of carbonyl (C=O) groups is 1. The summed E-state index contributed by atoms with van der Waals surface area (Å²) in [7, 11) is 0. The van der Waals surface area contributed by atoms with E-state index in [9.17, 15) is 9.18 Å². The maximum Gasteiger partial charge on any atom is 0.328 e. The van der Waals surface area contributed by atoms with E-state index < -0.39 is 11.8 Å². The molecule has 0 spiro atoms. The fraction of sp³-hybridized carbons (Fsp3) is 0. The minimum absolute atomic E-state index is 0.00259. The van der Waals surface area contributed by atoms with Crippen molar-refractivity contribution >= 4 is 23.6 Å². The lowest BCUT2D eigenvalue weighted by atomic mass is 10.1. The topological polar surface area (TPSA) is 80.9 Å². The number of hydrogen-bond donors (Lipinski definition) is 1. The van der Waals surface area contributed by atoms with Crippen LogP contribution in [0.3, 0.4) is 0 Å². The molecule has 0 unspecified atom stereocenters. The van der Waals surface area contributed by atoms with Crippen molar-refractivity contribution in [3.63, 3.8) is 0 Å². The Labute approximate surface area is 105 Å². The molecule has 0 amide bonds. The molecule has 2 aromatic rings. The molecule has 6 nitrogen and oxygen atoms in total. The molecule has 1 heterocycles. The monoisotopic (exact) mass is 268 g/mol. The second-order valence-corrected chi connectivity index (χ2v) is 3.63. The van der Waals surface area contributed by atoms with Gasteiger partial charge in [0.05, 0.1) is 10.7 Å². The number of hydrogen-bond acceptors (Lipinski definition) is 4. The number of rotatable bonds is 3. The highest BCUT2D eigenvalue weighted by Gasteiger charge is 2.12. The normalized spacial score (nSPS) is 11.0. The van der Waals surface area contributed by atoms with Crippen LogP contribution < -0.4 is 0 Å². The van der Waals surface area contributed by atoms with Crippen molar-refractivity contribution in [1.29, 1.82) is 0 Å². The Morgan fingerprint density at radius 3 is 2.89 bits per heavy atom. The van der Waals surface area contributed by atoms with E-state index in [4.69, 9.17) is 16.7 Å². The maximum absolute atomic E-state index is 13.8. The standard InChI is InChI=1S/C10H6ClFN4O2/c11-7-2-3-8(16-5-13-14-15-16)6(10(7)12)1-4-9(17)18/h1-5H,(H,17,18)/b4-1-. The summed E-state index contributed by atoms with van der Waals surface area (Å²) in [6, 6.07) is 2.83. The van der Waals surface area contributed by atoms with Gasteiger partial charge in [0.15, 0.2) is 5.82 Å². The minimum atomic E-state index is -1.20. The third-order valence-corrected chi connectivity index (χ3v) is 2.39. The summed E-state index contributed by atoms with van der Waals surface area (Å²) in [4.78, 5) is 10.5. The summed E-state index contributed by atoms with van der Waals surface area (Å²) in [6.45, 7) is 0. The Kier molecular flexibility index (Phi) is 3.33. The summed E-state index contributed by atoms with van der Waals surface area (Å²) < 4.78 is 15.1. The van der Waals surface area contributed by atoms with E-state index in [-0.39, 0.29) is 10.6 Å². The van der Waals surface area contributed by atoms with Crippen LogP contribution in [0, 0.1) is 5.82 Å². The zero-order valence-electron chi connectivity index (χ0n) is 8.79. The van der Waals surface area contributed by atoms with Crippen LogP contribution in [0.15, 0.2) is 24.5 Å². The number of nitrogens with zero attached hydrogens (tertiary/aromatic N) is 4. The molecule has 2 rings (SSSR count). The van der Waals surface area contributed by atoms with Crippen LogP contribution in [-0.2, 0) is 4.79 Å². The first-order valence-corrected chi connectivity index (χ1v) is 5.10. The molecule has 0 saturated carbocycles. The molecule has 0 radical (unpaired) electrons. The van der Waals surface area contributed by atoms with Gasteiger partial charge in [0.25, 0.3) is 0 Å². The molecule has 1 N–H and O–H groups in total. The van der Waals surface area contributed by atoms with Crippen molar-refractivity contribution < 1.29 is 14.3 Å². The SMILES string of the molecule is O=C(O)/C=C\c1c(-n2cnnn2)ccc(Cl)c1F. The largest absolute Gasteiger partial charge is 0.478 e. The molecule has 0 aliphatic rings. The second-order valence-electron chi connectivity index (χ2n) is 3.22. The van der Waals surface area contributed by atoms with Crippen LogP contribution in [0.5, 0.6) is 0 Å². The number of halogens is 2. The van der Waals surface area contributed by atoms with Crippen molar-refractivity contribution in [1.82, 2.24) is 20.2 Å². The van der Waals surface area contributed by atoms with Gasteiger partial charge in [0, 0.05) is 11.6 Å². The predicted octanol–water partition coefficient (Wildman–Crippen LogP) is 1.55. The molecule has 18 heavy (non-hydrogen) atoms. The van der Waals surface area contributed by atoms with Crippen LogP contribution in [0.2, 0.25) is 5.02 Å². The molecule has 0 bridgehead atoms. The Morgan fingerprint density at radius 1 is 1.50 bits per heavy atom. The Hall–Kier alpha value is -2.28. The van der Waals surface area contributed by atoms with Gasteiger partial charge in [0.1, 0.15) is 6.33 Å². The molecule has 8 heteroatoms. The van der Waals surface area contributed by atoms with Gasteiger partial charge in [-0.05, 0) is 28.6 Å². The van der Waals surface area contributed by atoms with E-state index >= 15 is 0 Å². The average Bonchev–Trinajstić information content (AvgIpc) is 2.84. The number of carboxylic acids is 1. The molecule has 1 aromatic heterocycles. The van der Waals surface area contributed by atoms with Gasteiger partial charge in [-0.15, -0.1) is 5.10 Å². The van der Waals surface area contributed by atoms with E-state index in [0.717, 1.165) is 12.2 Å². The third kappa shape index (κ3) is 2.35. The van der Waals surface area contributed by atoms with Crippen LogP contribution in [0.25, 0.3) is 11.8 Å². The van der Waals surface area contributed by atoms with Gasteiger partial charge in [-0.2, -0.15) is 4.68 Å². The quantitative estimate of drug-likeness (QED) is 0.854. The van der Waals surface area contributed by atoms with Crippen molar-refractivity contribution in [3.05, 3.63) is 40.9 Å². The highest BCUT2D eigenvalue weighted by Crippen LogP contribution is 2.25. The molecular weight excluding hydrogens is 263 g/mol. The number of aromatic nitrogens is 4. The molecule has 0 aliphatic carbocycles. The summed E-state index contributed by atoms with van der Waals surface area (Å²) in [5.74, 6) is -1.93. The first-order valence-electron chi connectivity index (χ1n) is 4.72. The van der Waals surface area contributed by atoms with Crippen molar-refractivity contribution in [2.24, 2.45) is 0 Å². The number of tetrazole rings is 1. The van der Waals surface area contributed by atoms with E-state index in [0.29, 0.717) is 5.69 Å². The highest BCUT2D eigenvalue weighted by molar-refractivity contribution is 6.31. The highest BCUT2D eigenvalue weighted by atomic mass is 35.5. The molecule has 0 saturated heterocycles. The summed E-state index contributed by atoms with van der Waals surface area (Å²) in [5, 5.41) is 18.9. The third-order valence-electron chi connectivity index (χ3n) is 2.10. The van der Waals surface area contributed by atoms with E-state index in [1.165, 1.54) is 23.1 Å². The van der Waals surface area contributed by atoms with Gasteiger partial charge in [-0.25, -0.2) is 9.18 Å². The summed E-state index contributed by atoms with van der Waals surface area (Å²) in [6.07, 6.45) is 3.17. The smallest absolute Gasteiger partial charge is 0.328 e. The molecule has 0 fully saturated rings. The van der Waals surface area contributed by atoms with Crippen molar-refractivity contribution in [2.45, 2.75) is 0 Å². The Morgan fingerprint density at radius 2 is 2.28 bits per heavy atom. The van der Waals surface area contributed by atoms with Crippen LogP contribution in [-0.4, -0.2) is 31.3 Å². The molecule has 0 atom stereocenters. The predicted molar refractivity (Wildman–Crippen MR) is 60.8 cm³/mol. The first-order chi connectivity index (χ1) is 8.59. The van der Waals surface area contributed by atoms with E-state index in [2.05, 4.69) is 15.5 Å². The van der Waals surface area contributed by atoms with E-state index in [1.54, 1.807) is 0 Å². The zero-order valence-corrected chi connectivity index (χ0v) is 9.54. The molecule has 92 valence electrons. The lowest BCUT2D eigenvalue weighted by Crippen LogP contribution is -2.01. The Bertz CT molecular complexity index is 613. The van der Waals surface area contributed by atoms with Gasteiger partial charge in [-0.1, -0.05) is 11.6 Å². The Balaban J connectivity index is 2.60. The second kappa shape index (κ2) is 4.92. The fourth-order valence-electron chi connectivity index (χ4n) is 1.34. The minimum Gasteiger partial charge on any atom is -0.478 e. The van der Waals surface area contributed by atoms with E-state index in [1.807, 2.05) is 0 Å². The first kappa shape index (κ1) is 12.2. The van der Waals surface area contributed by atoms with Crippen LogP contribution in [0.1, 0.15) is 5.56 Å². The molecule has 1 aromatic carbocycles. The summed E-state index contributed by atoms with van der Waals surface area (Å²) >= 11 is 5.65. The maximum atomic E-state index is 13.8. The van der Waals surface area contributed by atoms with Crippen LogP contribution in [0.4, 0.5) is 4.39 Å². The lowest BCUT2D eigenvalue weighted by molar-refractivity contribution is -0.131. The number of carboxylic acid groups (broad SMARTS) is 1. The van der Waals surface area contributed by atoms with Gasteiger partial charge in [-0.3, -0.25) is 0 Å². The average molecular weight is 269 g/mol. The summed E-state index contributed by atoms with van der Waals surface area (Å²) in [5.41, 5.74) is 0.289. The number of aliphatic carboxylic acids is 1. The van der Waals surface area contributed by atoms with Crippen LogP contribution >= 0.6 is 11.6 Å². The van der Waals surface area contributed by atoms with Gasteiger partial charge >= 0.3 is 5.97 Å². The van der Waals surface area contributed by atoms with Gasteiger partial charge in [0.2, 0.25) is 0 Å². The van der Waals surface area contributed by atoms with Crippen molar-refractivity contribution in [2.75, 3.05) is 0 Å². The lowest BCUT2D eigenvalue weighted by Gasteiger charge is -2.06. The van der Waals surface area contributed by atoms with Gasteiger partial charge < -0.3 is 5.11 Å². The van der Waals surface area contributed by atoms with Crippen molar-refractivity contribution in [3.8, 4) is 5.69 Å².